The molecule has 1 aliphatic heterocycles. The number of ketones is 1. The van der Waals surface area contributed by atoms with Crippen LogP contribution in [0.2, 0.25) is 0 Å². The van der Waals surface area contributed by atoms with Crippen LogP contribution in [0.4, 0.5) is 5.82 Å². The van der Waals surface area contributed by atoms with Gasteiger partial charge in [-0.1, -0.05) is 46.3 Å². The number of carboxylic acid groups (broad SMARTS) is 1. The highest BCUT2D eigenvalue weighted by atomic mass is 79.9. The molecule has 8 heteroatoms. The number of carboxylic acids is 1. The van der Waals surface area contributed by atoms with Crippen LogP contribution in [0.25, 0.3) is 5.69 Å². The predicted molar refractivity (Wildman–Crippen MR) is 143 cm³/mol. The summed E-state index contributed by atoms with van der Waals surface area (Å²) in [5.41, 5.74) is 4.99. The first-order valence-corrected chi connectivity index (χ1v) is 13.3. The van der Waals surface area contributed by atoms with Gasteiger partial charge in [0.2, 0.25) is 0 Å². The molecule has 6 nitrogen and oxygen atoms in total. The minimum atomic E-state index is -1.02. The van der Waals surface area contributed by atoms with E-state index in [1.54, 1.807) is 34.2 Å². The van der Waals surface area contributed by atoms with Gasteiger partial charge in [-0.15, -0.1) is 11.3 Å². The van der Waals surface area contributed by atoms with E-state index in [-0.39, 0.29) is 23.2 Å². The molecular formula is C28H22BrN3O3S. The van der Waals surface area contributed by atoms with Crippen LogP contribution < -0.4 is 5.32 Å². The largest absolute Gasteiger partial charge is 0.478 e. The van der Waals surface area contributed by atoms with Crippen LogP contribution in [0.15, 0.2) is 81.8 Å². The first-order chi connectivity index (χ1) is 17.4. The van der Waals surface area contributed by atoms with Gasteiger partial charge in [0.05, 0.1) is 16.9 Å². The fourth-order valence-corrected chi connectivity index (χ4v) is 6.50. The van der Waals surface area contributed by atoms with E-state index < -0.39 is 5.97 Å². The van der Waals surface area contributed by atoms with E-state index in [4.69, 9.17) is 5.10 Å². The van der Waals surface area contributed by atoms with Gasteiger partial charge in [0.1, 0.15) is 5.82 Å². The number of hydrogen-bond donors (Lipinski definition) is 2. The number of benzene rings is 2. The maximum atomic E-state index is 13.7. The van der Waals surface area contributed by atoms with Crippen LogP contribution in [-0.2, 0) is 4.79 Å². The van der Waals surface area contributed by atoms with Gasteiger partial charge in [-0.05, 0) is 54.6 Å². The van der Waals surface area contributed by atoms with Crippen molar-refractivity contribution < 1.29 is 14.7 Å². The van der Waals surface area contributed by atoms with Gasteiger partial charge in [-0.3, -0.25) is 4.79 Å². The maximum Gasteiger partial charge on any atom is 0.337 e. The molecule has 4 aromatic rings. The molecule has 0 radical (unpaired) electrons. The van der Waals surface area contributed by atoms with E-state index in [2.05, 4.69) is 27.3 Å². The molecule has 36 heavy (non-hydrogen) atoms. The number of para-hydroxylation sites is 1. The van der Waals surface area contributed by atoms with Crippen molar-refractivity contribution in [2.45, 2.75) is 31.6 Å². The Balaban J connectivity index is 1.56. The molecule has 0 bridgehead atoms. The van der Waals surface area contributed by atoms with Crippen LogP contribution in [0.5, 0.6) is 0 Å². The number of aromatic carboxylic acids is 1. The molecule has 2 aromatic heterocycles. The molecule has 2 aliphatic rings. The number of allylic oxidation sites excluding steroid dienone is 2. The molecule has 0 unspecified atom stereocenters. The molecule has 0 amide bonds. The van der Waals surface area contributed by atoms with Crippen LogP contribution in [-0.4, -0.2) is 26.6 Å². The minimum absolute atomic E-state index is 0.111. The number of nitrogens with zero attached hydrogens (tertiary/aromatic N) is 2. The maximum absolute atomic E-state index is 13.7. The zero-order valence-electron chi connectivity index (χ0n) is 19.4. The second kappa shape index (κ2) is 8.87. The van der Waals surface area contributed by atoms with E-state index in [1.165, 1.54) is 4.88 Å². The smallest absolute Gasteiger partial charge is 0.337 e. The Morgan fingerprint density at radius 1 is 1.11 bits per heavy atom. The lowest BCUT2D eigenvalue weighted by Gasteiger charge is -2.35. The molecule has 0 saturated heterocycles. The fraction of sp³-hybridized carbons (Fsp3) is 0.179. The molecule has 0 fully saturated rings. The summed E-state index contributed by atoms with van der Waals surface area (Å²) in [4.78, 5) is 26.9. The number of rotatable bonds is 4. The Morgan fingerprint density at radius 2 is 1.89 bits per heavy atom. The Bertz CT molecular complexity index is 1540. The van der Waals surface area contributed by atoms with E-state index in [9.17, 15) is 14.7 Å². The van der Waals surface area contributed by atoms with Crippen LogP contribution >= 0.6 is 27.3 Å². The highest BCUT2D eigenvalue weighted by Crippen LogP contribution is 2.50. The summed E-state index contributed by atoms with van der Waals surface area (Å²) in [7, 11) is 0. The van der Waals surface area contributed by atoms with E-state index in [0.29, 0.717) is 24.3 Å². The van der Waals surface area contributed by atoms with Crippen molar-refractivity contribution in [3.63, 3.8) is 0 Å². The summed E-state index contributed by atoms with van der Waals surface area (Å²) in [6.07, 6.45) is 1.18. The number of nitrogens with one attached hydrogen (secondary N) is 1. The van der Waals surface area contributed by atoms with Crippen LogP contribution in [0.3, 0.4) is 0 Å². The van der Waals surface area contributed by atoms with Crippen molar-refractivity contribution in [2.24, 2.45) is 0 Å². The number of anilines is 1. The number of carbonyl (C=O) groups excluding carboxylic acids is 1. The third-order valence-electron chi connectivity index (χ3n) is 6.97. The zero-order valence-corrected chi connectivity index (χ0v) is 21.8. The first-order valence-electron chi connectivity index (χ1n) is 11.7. The highest BCUT2D eigenvalue weighted by molar-refractivity contribution is 9.10. The summed E-state index contributed by atoms with van der Waals surface area (Å²) in [6, 6.07) is 19.0. The number of fused-ring (bicyclic) bond motifs is 1. The van der Waals surface area contributed by atoms with Gasteiger partial charge in [-0.2, -0.15) is 5.10 Å². The van der Waals surface area contributed by atoms with Gasteiger partial charge in [-0.25, -0.2) is 9.48 Å². The summed E-state index contributed by atoms with van der Waals surface area (Å²) < 4.78 is 2.65. The number of carbonyl (C=O) groups is 2. The van der Waals surface area contributed by atoms with Crippen molar-refractivity contribution in [1.29, 1.82) is 0 Å². The summed E-state index contributed by atoms with van der Waals surface area (Å²) in [5, 5.41) is 20.2. The monoisotopic (exact) mass is 559 g/mol. The van der Waals surface area contributed by atoms with E-state index >= 15 is 0 Å². The Kier molecular flexibility index (Phi) is 5.65. The van der Waals surface area contributed by atoms with Gasteiger partial charge in [0, 0.05) is 44.4 Å². The van der Waals surface area contributed by atoms with E-state index in [0.717, 1.165) is 32.6 Å². The molecule has 0 saturated carbocycles. The van der Waals surface area contributed by atoms with Crippen molar-refractivity contribution >= 4 is 44.8 Å². The lowest BCUT2D eigenvalue weighted by atomic mass is 9.73. The molecule has 180 valence electrons. The Labute approximate surface area is 220 Å². The third-order valence-corrected chi connectivity index (χ3v) is 8.54. The lowest BCUT2D eigenvalue weighted by molar-refractivity contribution is -0.116. The second-order valence-electron chi connectivity index (χ2n) is 9.13. The van der Waals surface area contributed by atoms with Crippen molar-refractivity contribution in [1.82, 2.24) is 9.78 Å². The molecule has 0 spiro atoms. The minimum Gasteiger partial charge on any atom is -0.478 e. The summed E-state index contributed by atoms with van der Waals surface area (Å²) in [5.74, 6) is -0.337. The Hall–Kier alpha value is -3.49. The van der Waals surface area contributed by atoms with E-state index in [1.807, 2.05) is 48.7 Å². The van der Waals surface area contributed by atoms with Crippen LogP contribution in [0, 0.1) is 6.92 Å². The SMILES string of the molecule is Cc1nn(-c2ccccc2C(=O)O)c2c1[C@@H](c1ccc(Br)cc1)C1=C(C[C@H](c3cccs3)CC1=O)N2. The molecule has 2 N–H and O–H groups in total. The average molecular weight is 560 g/mol. The fourth-order valence-electron chi connectivity index (χ4n) is 5.40. The molecule has 3 heterocycles. The quantitative estimate of drug-likeness (QED) is 0.292. The highest BCUT2D eigenvalue weighted by Gasteiger charge is 2.41. The van der Waals surface area contributed by atoms with Gasteiger partial charge < -0.3 is 10.4 Å². The topological polar surface area (TPSA) is 84.2 Å². The van der Waals surface area contributed by atoms with Crippen LogP contribution in [0.1, 0.15) is 56.7 Å². The van der Waals surface area contributed by atoms with Crippen molar-refractivity contribution in [2.75, 3.05) is 5.32 Å². The number of hydrogen-bond acceptors (Lipinski definition) is 5. The second-order valence-corrected chi connectivity index (χ2v) is 11.0. The van der Waals surface area contributed by atoms with Crippen molar-refractivity contribution in [3.05, 3.63) is 109 Å². The van der Waals surface area contributed by atoms with Gasteiger partial charge in [0.25, 0.3) is 0 Å². The van der Waals surface area contributed by atoms with Gasteiger partial charge in [0.15, 0.2) is 5.78 Å². The molecule has 1 aliphatic carbocycles. The number of Topliss-reactive ketones (excluding diaryl/α,β-unsaturated/α-hetero) is 1. The Morgan fingerprint density at radius 3 is 2.61 bits per heavy atom. The predicted octanol–water partition coefficient (Wildman–Crippen LogP) is 6.66. The molecule has 6 rings (SSSR count). The lowest BCUT2D eigenvalue weighted by Crippen LogP contribution is -2.30. The standard InChI is InChI=1S/C28H22BrN3O3S/c1-15-24-25(16-8-10-18(29)11-9-16)26-20(13-17(14-22(26)33)23-7-4-12-36-23)30-27(24)32(31-15)21-6-3-2-5-19(21)28(34)35/h2-12,17,25,30H,13-14H2,1H3,(H,34,35)/t17-,25+/m0/s1. The zero-order chi connectivity index (χ0) is 25.0. The number of aryl methyl sites for hydroxylation is 1. The third kappa shape index (κ3) is 3.72. The normalized spacial score (nSPS) is 19.0. The molecular weight excluding hydrogens is 538 g/mol. The average Bonchev–Trinajstić information content (AvgIpc) is 3.52. The number of halogens is 1. The first kappa shape index (κ1) is 22.9. The summed E-state index contributed by atoms with van der Waals surface area (Å²) >= 11 is 5.19. The van der Waals surface area contributed by atoms with Gasteiger partial charge >= 0.3 is 5.97 Å². The molecule has 2 aromatic carbocycles. The molecule has 2 atom stereocenters. The number of aromatic nitrogens is 2. The summed E-state index contributed by atoms with van der Waals surface area (Å²) in [6.45, 7) is 1.92. The number of thiophene rings is 1. The van der Waals surface area contributed by atoms with Crippen molar-refractivity contribution in [3.8, 4) is 5.69 Å².